The Morgan fingerprint density at radius 2 is 2.31 bits per heavy atom. The summed E-state index contributed by atoms with van der Waals surface area (Å²) < 4.78 is 4.55. The summed E-state index contributed by atoms with van der Waals surface area (Å²) >= 11 is 0. The molecule has 0 bridgehead atoms. The van der Waals surface area contributed by atoms with Gasteiger partial charge in [-0.2, -0.15) is 5.26 Å². The second kappa shape index (κ2) is 6.44. The molecule has 0 amide bonds. The van der Waals surface area contributed by atoms with Crippen molar-refractivity contribution < 1.29 is 9.53 Å². The number of hydrogen-bond donors (Lipinski definition) is 1. The van der Waals surface area contributed by atoms with E-state index in [1.165, 1.54) is 7.11 Å². The van der Waals surface area contributed by atoms with Gasteiger partial charge in [0.15, 0.2) is 0 Å². The average Bonchev–Trinajstić information content (AvgIpc) is 2.15. The molecule has 0 radical (unpaired) electrons. The van der Waals surface area contributed by atoms with Crippen molar-refractivity contribution >= 4 is 5.97 Å². The van der Waals surface area contributed by atoms with Gasteiger partial charge >= 0.3 is 5.97 Å². The predicted octanol–water partition coefficient (Wildman–Crippen LogP) is 0.830. The summed E-state index contributed by atoms with van der Waals surface area (Å²) in [7, 11) is 1.35. The van der Waals surface area contributed by atoms with Gasteiger partial charge in [0.1, 0.15) is 6.04 Å². The molecule has 0 spiro atoms. The summed E-state index contributed by atoms with van der Waals surface area (Å²) in [5.74, 6) is -0.295. The van der Waals surface area contributed by atoms with Crippen LogP contribution in [0.3, 0.4) is 0 Å². The van der Waals surface area contributed by atoms with Crippen molar-refractivity contribution in [1.82, 2.24) is 5.32 Å². The fraction of sp³-hybridized carbons (Fsp3) is 0.778. The minimum absolute atomic E-state index is 0.0686. The highest BCUT2D eigenvalue weighted by molar-refractivity contribution is 5.75. The number of esters is 1. The Balaban J connectivity index is 3.94. The minimum Gasteiger partial charge on any atom is -0.468 e. The zero-order valence-corrected chi connectivity index (χ0v) is 8.33. The number of ether oxygens (including phenoxy) is 1. The van der Waals surface area contributed by atoms with Crippen molar-refractivity contribution in [3.8, 4) is 6.07 Å². The molecular formula is C9H16N2O2. The first-order valence-electron chi connectivity index (χ1n) is 4.36. The van der Waals surface area contributed by atoms with Crippen LogP contribution in [-0.2, 0) is 9.53 Å². The van der Waals surface area contributed by atoms with Gasteiger partial charge in [0, 0.05) is 6.04 Å². The number of rotatable bonds is 5. The number of hydrogen-bond acceptors (Lipinski definition) is 4. The molecule has 0 aliphatic heterocycles. The lowest BCUT2D eigenvalue weighted by molar-refractivity contribution is -0.142. The largest absolute Gasteiger partial charge is 0.468 e. The quantitative estimate of drug-likeness (QED) is 0.643. The van der Waals surface area contributed by atoms with E-state index >= 15 is 0 Å². The molecule has 2 unspecified atom stereocenters. The number of nitrogens with zero attached hydrogens (tertiary/aromatic N) is 1. The van der Waals surface area contributed by atoms with Gasteiger partial charge in [-0.1, -0.05) is 6.92 Å². The van der Waals surface area contributed by atoms with Gasteiger partial charge < -0.3 is 10.1 Å². The van der Waals surface area contributed by atoms with Gasteiger partial charge in [-0.15, -0.1) is 0 Å². The molecule has 1 N–H and O–H groups in total. The van der Waals surface area contributed by atoms with Gasteiger partial charge in [-0.25, -0.2) is 0 Å². The Kier molecular flexibility index (Phi) is 5.90. The van der Waals surface area contributed by atoms with Gasteiger partial charge in [-0.05, 0) is 13.3 Å². The van der Waals surface area contributed by atoms with E-state index in [1.807, 2.05) is 6.92 Å². The first-order chi connectivity index (χ1) is 6.15. The number of carbonyl (C=O) groups is 1. The molecule has 0 rings (SSSR count). The highest BCUT2D eigenvalue weighted by atomic mass is 16.5. The zero-order valence-electron chi connectivity index (χ0n) is 8.33. The highest BCUT2D eigenvalue weighted by Crippen LogP contribution is 1.98. The van der Waals surface area contributed by atoms with Crippen LogP contribution < -0.4 is 5.32 Å². The van der Waals surface area contributed by atoms with Crippen LogP contribution in [0.4, 0.5) is 0 Å². The van der Waals surface area contributed by atoms with Crippen molar-refractivity contribution in [2.45, 2.75) is 38.8 Å². The van der Waals surface area contributed by atoms with Crippen molar-refractivity contribution in [2.24, 2.45) is 0 Å². The molecule has 4 nitrogen and oxygen atoms in total. The summed E-state index contributed by atoms with van der Waals surface area (Å²) in [6, 6.07) is 1.79. The van der Waals surface area contributed by atoms with Crippen LogP contribution in [0.25, 0.3) is 0 Å². The topological polar surface area (TPSA) is 62.1 Å². The zero-order chi connectivity index (χ0) is 10.3. The normalized spacial score (nSPS) is 14.3. The fourth-order valence-electron chi connectivity index (χ4n) is 1.03. The Labute approximate surface area is 78.9 Å². The highest BCUT2D eigenvalue weighted by Gasteiger charge is 2.16. The summed E-state index contributed by atoms with van der Waals surface area (Å²) in [4.78, 5) is 11.0. The predicted molar refractivity (Wildman–Crippen MR) is 48.9 cm³/mol. The van der Waals surface area contributed by atoms with E-state index < -0.39 is 0 Å². The van der Waals surface area contributed by atoms with Crippen LogP contribution in [0.1, 0.15) is 26.7 Å². The number of carbonyl (C=O) groups excluding carboxylic acids is 1. The molecule has 4 heteroatoms. The van der Waals surface area contributed by atoms with E-state index in [2.05, 4.69) is 16.1 Å². The molecule has 0 fully saturated rings. The van der Waals surface area contributed by atoms with Gasteiger partial charge in [0.25, 0.3) is 0 Å². The van der Waals surface area contributed by atoms with Gasteiger partial charge in [-0.3, -0.25) is 4.79 Å². The molecular weight excluding hydrogens is 168 g/mol. The maximum Gasteiger partial charge on any atom is 0.322 e. The van der Waals surface area contributed by atoms with E-state index in [-0.39, 0.29) is 18.1 Å². The maximum atomic E-state index is 11.0. The number of methoxy groups -OCH3 is 1. The summed E-state index contributed by atoms with van der Waals surface area (Å²) in [6.07, 6.45) is 1.24. The molecule has 0 aromatic carbocycles. The lowest BCUT2D eigenvalue weighted by atomic mass is 10.1. The van der Waals surface area contributed by atoms with E-state index in [9.17, 15) is 4.79 Å². The van der Waals surface area contributed by atoms with Crippen molar-refractivity contribution in [3.05, 3.63) is 0 Å². The summed E-state index contributed by atoms with van der Waals surface area (Å²) in [5.41, 5.74) is 0. The monoisotopic (exact) mass is 184 g/mol. The molecule has 0 aliphatic rings. The third-order valence-electron chi connectivity index (χ3n) is 1.87. The van der Waals surface area contributed by atoms with Gasteiger partial charge in [0.2, 0.25) is 0 Å². The lowest BCUT2D eigenvalue weighted by Gasteiger charge is -2.17. The molecule has 0 saturated carbocycles. The van der Waals surface area contributed by atoms with E-state index in [0.717, 1.165) is 6.42 Å². The third kappa shape index (κ3) is 4.48. The van der Waals surface area contributed by atoms with E-state index in [1.54, 1.807) is 6.92 Å². The first-order valence-corrected chi connectivity index (χ1v) is 4.36. The van der Waals surface area contributed by atoms with Gasteiger partial charge in [0.05, 0.1) is 19.6 Å². The van der Waals surface area contributed by atoms with Crippen LogP contribution >= 0.6 is 0 Å². The Hall–Kier alpha value is -1.08. The second-order valence-corrected chi connectivity index (χ2v) is 2.88. The van der Waals surface area contributed by atoms with Crippen LogP contribution in [0, 0.1) is 11.3 Å². The molecule has 0 heterocycles. The number of nitriles is 1. The van der Waals surface area contributed by atoms with Crippen LogP contribution in [0.5, 0.6) is 0 Å². The van der Waals surface area contributed by atoms with Crippen molar-refractivity contribution in [2.75, 3.05) is 7.11 Å². The molecule has 0 aromatic heterocycles. The molecule has 13 heavy (non-hydrogen) atoms. The molecule has 0 aliphatic carbocycles. The Morgan fingerprint density at radius 1 is 1.69 bits per heavy atom. The third-order valence-corrected chi connectivity index (χ3v) is 1.87. The second-order valence-electron chi connectivity index (χ2n) is 2.88. The van der Waals surface area contributed by atoms with Crippen molar-refractivity contribution in [1.29, 1.82) is 5.26 Å². The summed E-state index contributed by atoms with van der Waals surface area (Å²) in [5, 5.41) is 11.5. The smallest absolute Gasteiger partial charge is 0.322 e. The molecule has 2 atom stereocenters. The Bertz CT molecular complexity index is 198. The summed E-state index contributed by atoms with van der Waals surface area (Å²) in [6.45, 7) is 3.70. The standard InChI is InChI=1S/C9H16N2O2/c1-4-8(5-6-10)11-7(2)9(12)13-3/h7-8,11H,4-5H2,1-3H3. The Morgan fingerprint density at radius 3 is 2.69 bits per heavy atom. The fourth-order valence-corrected chi connectivity index (χ4v) is 1.03. The van der Waals surface area contributed by atoms with Crippen LogP contribution in [-0.4, -0.2) is 25.2 Å². The first kappa shape index (κ1) is 11.9. The number of nitrogens with one attached hydrogen (secondary N) is 1. The lowest BCUT2D eigenvalue weighted by Crippen LogP contribution is -2.41. The van der Waals surface area contributed by atoms with Crippen LogP contribution in [0.15, 0.2) is 0 Å². The SMILES string of the molecule is CCC(CC#N)NC(C)C(=O)OC. The van der Waals surface area contributed by atoms with E-state index in [4.69, 9.17) is 5.26 Å². The van der Waals surface area contributed by atoms with E-state index in [0.29, 0.717) is 6.42 Å². The average molecular weight is 184 g/mol. The minimum atomic E-state index is -0.344. The molecule has 74 valence electrons. The maximum absolute atomic E-state index is 11.0. The molecule has 0 saturated heterocycles. The van der Waals surface area contributed by atoms with Crippen LogP contribution in [0.2, 0.25) is 0 Å². The molecule has 0 aromatic rings. The van der Waals surface area contributed by atoms with Crippen molar-refractivity contribution in [3.63, 3.8) is 0 Å².